The van der Waals surface area contributed by atoms with Gasteiger partial charge in [0.1, 0.15) is 5.69 Å². The van der Waals surface area contributed by atoms with Crippen LogP contribution in [0.2, 0.25) is 0 Å². The normalized spacial score (nSPS) is 11.1. The molecule has 22 heavy (non-hydrogen) atoms. The van der Waals surface area contributed by atoms with Crippen LogP contribution in [0.1, 0.15) is 21.6 Å². The molecular formula is C12H10F3N5O2. The highest BCUT2D eigenvalue weighted by Gasteiger charge is 2.30. The van der Waals surface area contributed by atoms with Crippen molar-refractivity contribution in [1.82, 2.24) is 20.6 Å². The summed E-state index contributed by atoms with van der Waals surface area (Å²) < 4.78 is 37.7. The number of amides is 1. The number of carbonyl (C=O) groups is 1. The molecule has 0 spiro atoms. The van der Waals surface area contributed by atoms with E-state index in [4.69, 9.17) is 0 Å². The molecule has 0 atom stereocenters. The summed E-state index contributed by atoms with van der Waals surface area (Å²) in [7, 11) is 0. The number of aryl methyl sites for hydroxylation is 1. The summed E-state index contributed by atoms with van der Waals surface area (Å²) in [5, 5.41) is 7.07. The first-order chi connectivity index (χ1) is 10.3. The van der Waals surface area contributed by atoms with Gasteiger partial charge in [-0.1, -0.05) is 6.07 Å². The first-order valence-corrected chi connectivity index (χ1v) is 5.94. The third-order valence-electron chi connectivity index (χ3n) is 2.61. The maximum absolute atomic E-state index is 12.6. The lowest BCUT2D eigenvalue weighted by Crippen LogP contribution is -2.32. The number of nitrogens with one attached hydrogen (secondary N) is 3. The van der Waals surface area contributed by atoms with Crippen molar-refractivity contribution in [3.63, 3.8) is 0 Å². The number of anilines is 1. The Morgan fingerprint density at radius 2 is 2.00 bits per heavy atom. The number of carbonyl (C=O) groups excluding carboxylic acids is 1. The van der Waals surface area contributed by atoms with E-state index in [1.165, 1.54) is 13.0 Å². The smallest absolute Gasteiger partial charge is 0.288 e. The summed E-state index contributed by atoms with van der Waals surface area (Å²) in [6, 6.07) is 3.90. The van der Waals surface area contributed by atoms with Gasteiger partial charge in [-0.25, -0.2) is 0 Å². The minimum absolute atomic E-state index is 0.134. The van der Waals surface area contributed by atoms with E-state index in [-0.39, 0.29) is 17.2 Å². The summed E-state index contributed by atoms with van der Waals surface area (Å²) in [6.07, 6.45) is -4.54. The van der Waals surface area contributed by atoms with Gasteiger partial charge >= 0.3 is 6.18 Å². The van der Waals surface area contributed by atoms with Crippen LogP contribution >= 0.6 is 0 Å². The molecule has 10 heteroatoms. The standard InChI is InChI=1S/C12H10F3N5O2/c1-6-9(21)16-11(19-17-6)20-18-10(22)7-3-2-4-8(5-7)12(13,14)15/h2-5H,1H3,(H,18,22)(H2,16,19,20,21). The van der Waals surface area contributed by atoms with Crippen LogP contribution in [0.5, 0.6) is 0 Å². The van der Waals surface area contributed by atoms with Gasteiger partial charge < -0.3 is 0 Å². The average Bonchev–Trinajstić information content (AvgIpc) is 2.47. The van der Waals surface area contributed by atoms with Crippen molar-refractivity contribution >= 4 is 11.9 Å². The van der Waals surface area contributed by atoms with Crippen LogP contribution < -0.4 is 16.4 Å². The van der Waals surface area contributed by atoms with Gasteiger partial charge in [0.05, 0.1) is 5.56 Å². The number of hydrazine groups is 1. The fourth-order valence-corrected chi connectivity index (χ4v) is 1.47. The third-order valence-corrected chi connectivity index (χ3v) is 2.61. The second-order valence-corrected chi connectivity index (χ2v) is 4.25. The number of aromatic nitrogens is 3. The molecule has 1 amide bonds. The Morgan fingerprint density at radius 1 is 1.27 bits per heavy atom. The van der Waals surface area contributed by atoms with Gasteiger partial charge in [0.15, 0.2) is 0 Å². The number of H-pyrrole nitrogens is 1. The first kappa shape index (κ1) is 15.5. The van der Waals surface area contributed by atoms with Crippen LogP contribution in [-0.2, 0) is 6.18 Å². The average molecular weight is 313 g/mol. The molecule has 2 rings (SSSR count). The molecule has 3 N–H and O–H groups in total. The van der Waals surface area contributed by atoms with Crippen molar-refractivity contribution in [2.45, 2.75) is 13.1 Å². The number of benzene rings is 1. The van der Waals surface area contributed by atoms with Crippen molar-refractivity contribution in [3.05, 3.63) is 51.4 Å². The highest BCUT2D eigenvalue weighted by molar-refractivity contribution is 5.94. The molecule has 0 aliphatic rings. The van der Waals surface area contributed by atoms with E-state index in [9.17, 15) is 22.8 Å². The number of halogens is 3. The lowest BCUT2D eigenvalue weighted by molar-refractivity contribution is -0.137. The summed E-state index contributed by atoms with van der Waals surface area (Å²) in [5.41, 5.74) is 2.85. The first-order valence-electron chi connectivity index (χ1n) is 5.94. The molecule has 1 aromatic carbocycles. The largest absolute Gasteiger partial charge is 0.416 e. The molecule has 2 aromatic rings. The summed E-state index contributed by atoms with van der Waals surface area (Å²) in [4.78, 5) is 25.3. The van der Waals surface area contributed by atoms with Crippen LogP contribution in [0, 0.1) is 6.92 Å². The molecule has 0 bridgehead atoms. The zero-order chi connectivity index (χ0) is 16.3. The predicted octanol–water partition coefficient (Wildman–Crippen LogP) is 1.25. The number of hydrogen-bond acceptors (Lipinski definition) is 5. The second kappa shape index (κ2) is 5.84. The van der Waals surface area contributed by atoms with Gasteiger partial charge in [-0.15, -0.1) is 10.2 Å². The van der Waals surface area contributed by atoms with E-state index in [1.54, 1.807) is 0 Å². The minimum atomic E-state index is -4.54. The molecule has 0 aliphatic heterocycles. The van der Waals surface area contributed by atoms with E-state index in [1.807, 2.05) is 0 Å². The maximum Gasteiger partial charge on any atom is 0.416 e. The van der Waals surface area contributed by atoms with Crippen molar-refractivity contribution in [3.8, 4) is 0 Å². The van der Waals surface area contributed by atoms with Gasteiger partial charge in [0.25, 0.3) is 11.5 Å². The number of nitrogens with zero attached hydrogens (tertiary/aromatic N) is 2. The summed E-state index contributed by atoms with van der Waals surface area (Å²) >= 11 is 0. The zero-order valence-electron chi connectivity index (χ0n) is 11.2. The van der Waals surface area contributed by atoms with Crippen molar-refractivity contribution < 1.29 is 18.0 Å². The van der Waals surface area contributed by atoms with Crippen LogP contribution in [0.15, 0.2) is 29.1 Å². The molecule has 0 unspecified atom stereocenters. The molecule has 0 radical (unpaired) electrons. The number of alkyl halides is 3. The molecule has 0 saturated heterocycles. The van der Waals surface area contributed by atoms with Crippen LogP contribution in [0.25, 0.3) is 0 Å². The van der Waals surface area contributed by atoms with Crippen LogP contribution in [0.3, 0.4) is 0 Å². The Kier molecular flexibility index (Phi) is 4.11. The zero-order valence-corrected chi connectivity index (χ0v) is 11.2. The number of rotatable bonds is 3. The minimum Gasteiger partial charge on any atom is -0.288 e. The topological polar surface area (TPSA) is 99.8 Å². The molecule has 0 aliphatic carbocycles. The Bertz CT molecular complexity index is 757. The van der Waals surface area contributed by atoms with Gasteiger partial charge in [-0.2, -0.15) is 13.2 Å². The van der Waals surface area contributed by atoms with Gasteiger partial charge in [-0.05, 0) is 25.1 Å². The molecule has 0 saturated carbocycles. The van der Waals surface area contributed by atoms with Crippen molar-refractivity contribution in [2.75, 3.05) is 5.43 Å². The fourth-order valence-electron chi connectivity index (χ4n) is 1.47. The Labute approximate surface area is 121 Å². The van der Waals surface area contributed by atoms with Gasteiger partial charge in [0, 0.05) is 5.56 Å². The molecule has 116 valence electrons. The quantitative estimate of drug-likeness (QED) is 0.741. The lowest BCUT2D eigenvalue weighted by Gasteiger charge is -2.10. The van der Waals surface area contributed by atoms with Crippen LogP contribution in [0.4, 0.5) is 19.1 Å². The Hall–Kier alpha value is -2.91. The van der Waals surface area contributed by atoms with Crippen molar-refractivity contribution in [1.29, 1.82) is 0 Å². The van der Waals surface area contributed by atoms with Crippen LogP contribution in [-0.4, -0.2) is 21.1 Å². The van der Waals surface area contributed by atoms with E-state index in [0.29, 0.717) is 6.07 Å². The predicted molar refractivity (Wildman–Crippen MR) is 69.9 cm³/mol. The Balaban J connectivity index is 2.09. The second-order valence-electron chi connectivity index (χ2n) is 4.25. The lowest BCUT2D eigenvalue weighted by atomic mass is 10.1. The highest BCUT2D eigenvalue weighted by atomic mass is 19.4. The number of aromatic amines is 1. The van der Waals surface area contributed by atoms with E-state index >= 15 is 0 Å². The molecule has 0 fully saturated rings. The van der Waals surface area contributed by atoms with E-state index in [2.05, 4.69) is 26.0 Å². The van der Waals surface area contributed by atoms with Gasteiger partial charge in [-0.3, -0.25) is 25.4 Å². The highest BCUT2D eigenvalue weighted by Crippen LogP contribution is 2.29. The molecule has 1 heterocycles. The maximum atomic E-state index is 12.6. The van der Waals surface area contributed by atoms with E-state index < -0.39 is 23.2 Å². The van der Waals surface area contributed by atoms with E-state index in [0.717, 1.165) is 12.1 Å². The summed E-state index contributed by atoms with van der Waals surface area (Å²) in [6.45, 7) is 1.44. The molecular weight excluding hydrogens is 303 g/mol. The summed E-state index contributed by atoms with van der Waals surface area (Å²) in [5.74, 6) is -0.967. The number of hydrogen-bond donors (Lipinski definition) is 3. The molecule has 1 aromatic heterocycles. The van der Waals surface area contributed by atoms with Gasteiger partial charge in [0.2, 0.25) is 5.95 Å². The fraction of sp³-hybridized carbons (Fsp3) is 0.167. The van der Waals surface area contributed by atoms with Crippen molar-refractivity contribution in [2.24, 2.45) is 0 Å². The monoisotopic (exact) mass is 313 g/mol. The third kappa shape index (κ3) is 3.59. The molecule has 7 nitrogen and oxygen atoms in total. The Morgan fingerprint density at radius 3 is 2.64 bits per heavy atom. The SMILES string of the molecule is Cc1nnc(NNC(=O)c2cccc(C(F)(F)F)c2)[nH]c1=O.